The minimum atomic E-state index is -0.377. The van der Waals surface area contributed by atoms with Crippen LogP contribution < -0.4 is 14.8 Å². The Morgan fingerprint density at radius 3 is 2.40 bits per heavy atom. The molecule has 1 aliphatic rings. The van der Waals surface area contributed by atoms with Gasteiger partial charge in [0, 0.05) is 18.0 Å². The number of imidazole rings is 1. The summed E-state index contributed by atoms with van der Waals surface area (Å²) in [5, 5.41) is 1.65. The molecule has 178 valence electrons. The molecule has 35 heavy (non-hydrogen) atoms. The van der Waals surface area contributed by atoms with Crippen molar-refractivity contribution in [2.75, 3.05) is 6.26 Å². The number of ether oxygens (including phenoxy) is 2. The van der Waals surface area contributed by atoms with Gasteiger partial charge in [0.15, 0.2) is 0 Å². The van der Waals surface area contributed by atoms with Gasteiger partial charge in [-0.3, -0.25) is 14.9 Å². The highest BCUT2D eigenvalue weighted by Gasteiger charge is 2.31. The molecular weight excluding hydrogens is 482 g/mol. The van der Waals surface area contributed by atoms with E-state index < -0.39 is 0 Å². The maximum atomic E-state index is 11.8. The van der Waals surface area contributed by atoms with Gasteiger partial charge < -0.3 is 14.0 Å². The molecular formula is C26H23N3O4S2. The molecule has 2 amide bonds. The monoisotopic (exact) mass is 505 g/mol. The van der Waals surface area contributed by atoms with Gasteiger partial charge in [-0.2, -0.15) is 0 Å². The summed E-state index contributed by atoms with van der Waals surface area (Å²) in [4.78, 5) is 29.0. The zero-order valence-corrected chi connectivity index (χ0v) is 20.8. The molecule has 0 radical (unpaired) electrons. The van der Waals surface area contributed by atoms with Crippen molar-refractivity contribution in [2.24, 2.45) is 7.05 Å². The molecule has 1 atom stereocenters. The minimum absolute atomic E-state index is 0.232. The molecule has 5 rings (SSSR count). The summed E-state index contributed by atoms with van der Waals surface area (Å²) >= 11 is 2.73. The highest BCUT2D eigenvalue weighted by molar-refractivity contribution is 8.15. The normalized spacial score (nSPS) is 15.4. The summed E-state index contributed by atoms with van der Waals surface area (Å²) in [5.41, 5.74) is 2.80. The van der Waals surface area contributed by atoms with Gasteiger partial charge in [0.1, 0.15) is 29.7 Å². The van der Waals surface area contributed by atoms with E-state index in [9.17, 15) is 9.59 Å². The molecule has 2 heterocycles. The standard InChI is InChI=1S/C26H23N3O4S2/c1-29-22-14-19(33-18-7-10-20(34-2)11-8-18)9-12-21(22)27-24(29)15-32-17-5-3-16(4-6-17)13-23-25(30)28-26(31)35-23/h3-12,14,23H,13,15H2,1-2H3,(H,28,30,31)/t23-/m1/s1. The average Bonchev–Trinajstić information content (AvgIpc) is 3.36. The fourth-order valence-electron chi connectivity index (χ4n) is 3.80. The van der Waals surface area contributed by atoms with Crippen LogP contribution in [0.5, 0.6) is 17.2 Å². The van der Waals surface area contributed by atoms with Crippen LogP contribution in [0.4, 0.5) is 4.79 Å². The number of nitrogens with zero attached hydrogens (tertiary/aromatic N) is 2. The number of carbonyl (C=O) groups is 2. The van der Waals surface area contributed by atoms with E-state index in [1.165, 1.54) is 4.90 Å². The summed E-state index contributed by atoms with van der Waals surface area (Å²) in [6.45, 7) is 0.312. The predicted octanol–water partition coefficient (Wildman–Crippen LogP) is 5.56. The molecule has 0 spiro atoms. The number of aromatic nitrogens is 2. The van der Waals surface area contributed by atoms with Gasteiger partial charge in [0.05, 0.1) is 16.3 Å². The van der Waals surface area contributed by atoms with Crippen molar-refractivity contribution in [3.63, 3.8) is 0 Å². The zero-order valence-electron chi connectivity index (χ0n) is 19.2. The Balaban J connectivity index is 1.23. The fraction of sp³-hybridized carbons (Fsp3) is 0.192. The third-order valence-electron chi connectivity index (χ3n) is 5.72. The lowest BCUT2D eigenvalue weighted by Crippen LogP contribution is -2.25. The summed E-state index contributed by atoms with van der Waals surface area (Å²) in [6.07, 6.45) is 2.55. The lowest BCUT2D eigenvalue weighted by atomic mass is 10.1. The smallest absolute Gasteiger partial charge is 0.286 e. The first-order valence-electron chi connectivity index (χ1n) is 11.0. The van der Waals surface area contributed by atoms with Crippen molar-refractivity contribution in [1.29, 1.82) is 0 Å². The van der Waals surface area contributed by atoms with Gasteiger partial charge in [-0.05, 0) is 66.8 Å². The Morgan fingerprint density at radius 1 is 1.00 bits per heavy atom. The second-order valence-electron chi connectivity index (χ2n) is 8.04. The zero-order chi connectivity index (χ0) is 24.4. The van der Waals surface area contributed by atoms with Crippen LogP contribution in [-0.2, 0) is 24.9 Å². The van der Waals surface area contributed by atoms with Crippen LogP contribution in [0.2, 0.25) is 0 Å². The van der Waals surface area contributed by atoms with Crippen LogP contribution >= 0.6 is 23.5 Å². The molecule has 3 aromatic carbocycles. The Kier molecular flexibility index (Phi) is 6.70. The molecule has 0 unspecified atom stereocenters. The Labute approximate surface area is 211 Å². The molecule has 1 aliphatic heterocycles. The summed E-state index contributed by atoms with van der Waals surface area (Å²) < 4.78 is 14.0. The molecule has 9 heteroatoms. The quantitative estimate of drug-likeness (QED) is 0.314. The molecule has 0 aliphatic carbocycles. The number of thioether (sulfide) groups is 2. The summed E-state index contributed by atoms with van der Waals surface area (Å²) in [6, 6.07) is 21.4. The van der Waals surface area contributed by atoms with E-state index >= 15 is 0 Å². The topological polar surface area (TPSA) is 82.5 Å². The number of hydrogen-bond donors (Lipinski definition) is 1. The molecule has 1 fully saturated rings. The van der Waals surface area contributed by atoms with Gasteiger partial charge in [-0.1, -0.05) is 23.9 Å². The van der Waals surface area contributed by atoms with Crippen LogP contribution in [0.25, 0.3) is 11.0 Å². The van der Waals surface area contributed by atoms with Crippen molar-refractivity contribution >= 4 is 45.7 Å². The van der Waals surface area contributed by atoms with E-state index in [4.69, 9.17) is 14.5 Å². The van der Waals surface area contributed by atoms with Crippen molar-refractivity contribution in [1.82, 2.24) is 14.9 Å². The molecule has 0 bridgehead atoms. The SMILES string of the molecule is CSc1ccc(Oc2ccc3nc(COc4ccc(C[C@H]5SC(=O)NC5=O)cc4)n(C)c3c2)cc1. The summed E-state index contributed by atoms with van der Waals surface area (Å²) in [5.74, 6) is 2.80. The number of fused-ring (bicyclic) bond motifs is 1. The van der Waals surface area contributed by atoms with E-state index in [1.807, 2.05) is 84.6 Å². The van der Waals surface area contributed by atoms with E-state index in [2.05, 4.69) is 5.32 Å². The number of aryl methyl sites for hydroxylation is 1. The second-order valence-corrected chi connectivity index (χ2v) is 10.1. The molecule has 1 saturated heterocycles. The first kappa shape index (κ1) is 23.3. The number of carbonyl (C=O) groups excluding carboxylic acids is 2. The van der Waals surface area contributed by atoms with Gasteiger partial charge in [-0.15, -0.1) is 11.8 Å². The Hall–Kier alpha value is -3.43. The number of hydrogen-bond acceptors (Lipinski definition) is 7. The van der Waals surface area contributed by atoms with Crippen LogP contribution in [0, 0.1) is 0 Å². The third kappa shape index (κ3) is 5.31. The maximum absolute atomic E-state index is 11.8. The van der Waals surface area contributed by atoms with Gasteiger partial charge in [0.25, 0.3) is 5.24 Å². The number of rotatable bonds is 8. The molecule has 7 nitrogen and oxygen atoms in total. The lowest BCUT2D eigenvalue weighted by molar-refractivity contribution is -0.118. The first-order valence-corrected chi connectivity index (χ1v) is 13.1. The number of amides is 2. The van der Waals surface area contributed by atoms with Crippen molar-refractivity contribution in [2.45, 2.75) is 23.2 Å². The van der Waals surface area contributed by atoms with Crippen molar-refractivity contribution in [3.05, 3.63) is 78.1 Å². The third-order valence-corrected chi connectivity index (χ3v) is 7.44. The lowest BCUT2D eigenvalue weighted by Gasteiger charge is -2.09. The van der Waals surface area contributed by atoms with Crippen LogP contribution in [0.15, 0.2) is 71.6 Å². The fourth-order valence-corrected chi connectivity index (χ4v) is 5.07. The number of benzene rings is 3. The van der Waals surface area contributed by atoms with Gasteiger partial charge in [0.2, 0.25) is 5.91 Å². The minimum Gasteiger partial charge on any atom is -0.486 e. The Morgan fingerprint density at radius 2 is 1.71 bits per heavy atom. The maximum Gasteiger partial charge on any atom is 0.286 e. The van der Waals surface area contributed by atoms with E-state index in [1.54, 1.807) is 11.8 Å². The molecule has 0 saturated carbocycles. The van der Waals surface area contributed by atoms with E-state index in [0.29, 0.717) is 18.8 Å². The van der Waals surface area contributed by atoms with Crippen LogP contribution in [0.3, 0.4) is 0 Å². The summed E-state index contributed by atoms with van der Waals surface area (Å²) in [7, 11) is 1.96. The van der Waals surface area contributed by atoms with Crippen molar-refractivity contribution < 1.29 is 19.1 Å². The second kappa shape index (κ2) is 10.1. The number of imide groups is 1. The molecule has 1 aromatic heterocycles. The van der Waals surface area contributed by atoms with E-state index in [0.717, 1.165) is 45.7 Å². The highest BCUT2D eigenvalue weighted by Crippen LogP contribution is 2.28. The van der Waals surface area contributed by atoms with E-state index in [-0.39, 0.29) is 16.4 Å². The van der Waals surface area contributed by atoms with Gasteiger partial charge >= 0.3 is 0 Å². The first-order chi connectivity index (χ1) is 17.0. The Bertz CT molecular complexity index is 1380. The van der Waals surface area contributed by atoms with Crippen LogP contribution in [0.1, 0.15) is 11.4 Å². The predicted molar refractivity (Wildman–Crippen MR) is 138 cm³/mol. The number of nitrogens with one attached hydrogen (secondary N) is 1. The molecule has 4 aromatic rings. The largest absolute Gasteiger partial charge is 0.486 e. The highest BCUT2D eigenvalue weighted by atomic mass is 32.2. The van der Waals surface area contributed by atoms with Crippen LogP contribution in [-0.4, -0.2) is 32.2 Å². The van der Waals surface area contributed by atoms with Crippen molar-refractivity contribution in [3.8, 4) is 17.2 Å². The molecule has 1 N–H and O–H groups in total. The average molecular weight is 506 g/mol. The van der Waals surface area contributed by atoms with Gasteiger partial charge in [-0.25, -0.2) is 4.98 Å².